The standard InChI is InChI=1S/C18H23NO2/c20-17(10-9-15-6-2-1-3-7-15)19-13-12-18(21)11-5-4-8-16(18)14-19/h1-3,6-7,9-10,16,21H,4-5,8,11-14H2/t16-,18-/m1/s1. The van der Waals surface area contributed by atoms with E-state index in [1.54, 1.807) is 6.08 Å². The minimum atomic E-state index is -0.516. The second-order valence-electron chi connectivity index (χ2n) is 6.32. The van der Waals surface area contributed by atoms with Crippen molar-refractivity contribution < 1.29 is 9.90 Å². The Labute approximate surface area is 126 Å². The molecule has 1 amide bonds. The molecule has 1 saturated carbocycles. The van der Waals surface area contributed by atoms with Crippen molar-refractivity contribution in [2.75, 3.05) is 13.1 Å². The molecule has 0 bridgehead atoms. The van der Waals surface area contributed by atoms with Crippen molar-refractivity contribution in [2.24, 2.45) is 5.92 Å². The summed E-state index contributed by atoms with van der Waals surface area (Å²) in [6.45, 7) is 1.37. The highest BCUT2D eigenvalue weighted by Gasteiger charge is 2.43. The maximum Gasteiger partial charge on any atom is 0.246 e. The molecule has 0 radical (unpaired) electrons. The Kier molecular flexibility index (Phi) is 4.11. The lowest BCUT2D eigenvalue weighted by Gasteiger charge is -2.47. The molecule has 112 valence electrons. The minimum Gasteiger partial charge on any atom is -0.389 e. The number of rotatable bonds is 2. The van der Waals surface area contributed by atoms with Gasteiger partial charge in [0.1, 0.15) is 0 Å². The summed E-state index contributed by atoms with van der Waals surface area (Å²) in [4.78, 5) is 14.2. The number of carbonyl (C=O) groups is 1. The third kappa shape index (κ3) is 3.18. The lowest BCUT2D eigenvalue weighted by atomic mass is 9.71. The van der Waals surface area contributed by atoms with Crippen molar-refractivity contribution in [1.82, 2.24) is 4.90 Å². The smallest absolute Gasteiger partial charge is 0.246 e. The SMILES string of the molecule is O=C(C=Cc1ccccc1)N1CC[C@]2(O)CCCC[C@@H]2C1. The predicted octanol–water partition coefficient (Wildman–Crippen LogP) is 2.85. The lowest BCUT2D eigenvalue weighted by Crippen LogP contribution is -2.54. The van der Waals surface area contributed by atoms with Gasteiger partial charge in [-0.2, -0.15) is 0 Å². The average Bonchev–Trinajstić information content (AvgIpc) is 2.52. The number of likely N-dealkylation sites (tertiary alicyclic amines) is 1. The summed E-state index contributed by atoms with van der Waals surface area (Å²) >= 11 is 0. The molecule has 2 atom stereocenters. The molecule has 1 heterocycles. The molecule has 0 spiro atoms. The molecule has 1 aliphatic heterocycles. The molecule has 3 nitrogen and oxygen atoms in total. The number of benzene rings is 1. The first-order valence-corrected chi connectivity index (χ1v) is 7.92. The largest absolute Gasteiger partial charge is 0.389 e. The van der Waals surface area contributed by atoms with Crippen molar-refractivity contribution >= 4 is 12.0 Å². The van der Waals surface area contributed by atoms with Gasteiger partial charge in [-0.3, -0.25) is 4.79 Å². The van der Waals surface area contributed by atoms with E-state index in [1.807, 2.05) is 41.3 Å². The maximum atomic E-state index is 12.3. The van der Waals surface area contributed by atoms with Gasteiger partial charge in [-0.05, 0) is 30.9 Å². The Bertz CT molecular complexity index is 525. The highest BCUT2D eigenvalue weighted by molar-refractivity contribution is 5.91. The number of hydrogen-bond donors (Lipinski definition) is 1. The fraction of sp³-hybridized carbons (Fsp3) is 0.500. The summed E-state index contributed by atoms with van der Waals surface area (Å²) in [7, 11) is 0. The first kappa shape index (κ1) is 14.3. The van der Waals surface area contributed by atoms with Gasteiger partial charge in [0.15, 0.2) is 0 Å². The molecule has 2 fully saturated rings. The van der Waals surface area contributed by atoms with E-state index >= 15 is 0 Å². The van der Waals surface area contributed by atoms with E-state index < -0.39 is 5.60 Å². The van der Waals surface area contributed by atoms with Crippen LogP contribution in [0, 0.1) is 5.92 Å². The second kappa shape index (κ2) is 6.02. The van der Waals surface area contributed by atoms with Gasteiger partial charge in [0.2, 0.25) is 5.91 Å². The van der Waals surface area contributed by atoms with Gasteiger partial charge < -0.3 is 10.0 Å². The van der Waals surface area contributed by atoms with E-state index in [1.165, 1.54) is 6.42 Å². The fourth-order valence-corrected chi connectivity index (χ4v) is 3.61. The van der Waals surface area contributed by atoms with Gasteiger partial charge in [-0.1, -0.05) is 43.2 Å². The van der Waals surface area contributed by atoms with Crippen LogP contribution in [-0.4, -0.2) is 34.6 Å². The molecule has 0 unspecified atom stereocenters. The molecule has 0 aromatic heterocycles. The molecule has 1 aliphatic carbocycles. The van der Waals surface area contributed by atoms with E-state index in [0.717, 1.165) is 31.2 Å². The van der Waals surface area contributed by atoms with Gasteiger partial charge in [-0.25, -0.2) is 0 Å². The summed E-state index contributed by atoms with van der Waals surface area (Å²) < 4.78 is 0. The van der Waals surface area contributed by atoms with Crippen LogP contribution in [0.3, 0.4) is 0 Å². The quantitative estimate of drug-likeness (QED) is 0.849. The van der Waals surface area contributed by atoms with Gasteiger partial charge >= 0.3 is 0 Å². The van der Waals surface area contributed by atoms with Gasteiger partial charge in [0.05, 0.1) is 5.60 Å². The van der Waals surface area contributed by atoms with Crippen molar-refractivity contribution in [2.45, 2.75) is 37.7 Å². The van der Waals surface area contributed by atoms with Crippen molar-refractivity contribution in [3.63, 3.8) is 0 Å². The molecule has 3 rings (SSSR count). The van der Waals surface area contributed by atoms with Crippen molar-refractivity contribution in [3.05, 3.63) is 42.0 Å². The topological polar surface area (TPSA) is 40.5 Å². The van der Waals surface area contributed by atoms with Crippen molar-refractivity contribution in [1.29, 1.82) is 0 Å². The van der Waals surface area contributed by atoms with Crippen LogP contribution in [0.5, 0.6) is 0 Å². The number of aliphatic hydroxyl groups is 1. The number of fused-ring (bicyclic) bond motifs is 1. The molecule has 1 saturated heterocycles. The van der Waals surface area contributed by atoms with Crippen LogP contribution in [0.2, 0.25) is 0 Å². The molecule has 21 heavy (non-hydrogen) atoms. The highest BCUT2D eigenvalue weighted by Crippen LogP contribution is 2.39. The van der Waals surface area contributed by atoms with E-state index in [4.69, 9.17) is 0 Å². The molecule has 3 heteroatoms. The summed E-state index contributed by atoms with van der Waals surface area (Å²) in [5.41, 5.74) is 0.523. The van der Waals surface area contributed by atoms with Crippen LogP contribution < -0.4 is 0 Å². The van der Waals surface area contributed by atoms with Crippen LogP contribution in [0.15, 0.2) is 36.4 Å². The third-order valence-corrected chi connectivity index (χ3v) is 4.96. The number of carbonyl (C=O) groups excluding carboxylic acids is 1. The van der Waals surface area contributed by atoms with Crippen LogP contribution in [0.25, 0.3) is 6.08 Å². The molecule has 1 aromatic carbocycles. The van der Waals surface area contributed by atoms with E-state index in [-0.39, 0.29) is 11.8 Å². The summed E-state index contributed by atoms with van der Waals surface area (Å²) in [5.74, 6) is 0.320. The number of hydrogen-bond acceptors (Lipinski definition) is 2. The van der Waals surface area contributed by atoms with Crippen molar-refractivity contribution in [3.8, 4) is 0 Å². The van der Waals surface area contributed by atoms with Crippen LogP contribution in [0.4, 0.5) is 0 Å². The Morgan fingerprint density at radius 3 is 2.86 bits per heavy atom. The highest BCUT2D eigenvalue weighted by atomic mass is 16.3. The van der Waals surface area contributed by atoms with Crippen LogP contribution >= 0.6 is 0 Å². The zero-order chi connectivity index (χ0) is 14.7. The van der Waals surface area contributed by atoms with Crippen LogP contribution in [-0.2, 0) is 4.79 Å². The third-order valence-electron chi connectivity index (χ3n) is 4.96. The lowest BCUT2D eigenvalue weighted by molar-refractivity contribution is -0.138. The first-order valence-electron chi connectivity index (χ1n) is 7.92. The zero-order valence-electron chi connectivity index (χ0n) is 12.4. The number of nitrogens with zero attached hydrogens (tertiary/aromatic N) is 1. The van der Waals surface area contributed by atoms with Gasteiger partial charge in [0.25, 0.3) is 0 Å². The molecule has 2 aliphatic rings. The summed E-state index contributed by atoms with van der Waals surface area (Å²) in [6, 6.07) is 9.87. The number of piperidine rings is 1. The van der Waals surface area contributed by atoms with E-state index in [2.05, 4.69) is 0 Å². The minimum absolute atomic E-state index is 0.0616. The molecule has 1 aromatic rings. The van der Waals surface area contributed by atoms with E-state index in [9.17, 15) is 9.90 Å². The fourth-order valence-electron chi connectivity index (χ4n) is 3.61. The Balaban J connectivity index is 1.62. The second-order valence-corrected chi connectivity index (χ2v) is 6.32. The monoisotopic (exact) mass is 285 g/mol. The predicted molar refractivity (Wildman–Crippen MR) is 83.6 cm³/mol. The summed E-state index contributed by atoms with van der Waals surface area (Å²) in [6.07, 6.45) is 8.49. The normalized spacial score (nSPS) is 29.4. The Morgan fingerprint density at radius 1 is 1.24 bits per heavy atom. The average molecular weight is 285 g/mol. The van der Waals surface area contributed by atoms with E-state index in [0.29, 0.717) is 13.1 Å². The molecule has 1 N–H and O–H groups in total. The maximum absolute atomic E-state index is 12.3. The molecular formula is C18H23NO2. The van der Waals surface area contributed by atoms with Crippen LogP contribution in [0.1, 0.15) is 37.7 Å². The summed E-state index contributed by atoms with van der Waals surface area (Å²) in [5, 5.41) is 10.6. The Hall–Kier alpha value is -1.61. The zero-order valence-corrected chi connectivity index (χ0v) is 12.4. The Morgan fingerprint density at radius 2 is 2.05 bits per heavy atom. The van der Waals surface area contributed by atoms with Gasteiger partial charge in [-0.15, -0.1) is 0 Å². The number of amides is 1. The molecular weight excluding hydrogens is 262 g/mol. The first-order chi connectivity index (χ1) is 10.2. The van der Waals surface area contributed by atoms with Gasteiger partial charge in [0, 0.05) is 25.1 Å².